The lowest BCUT2D eigenvalue weighted by Crippen LogP contribution is -2.35. The number of rotatable bonds is 5. The Morgan fingerprint density at radius 1 is 1.50 bits per heavy atom. The Bertz CT molecular complexity index is 358. The third-order valence-electron chi connectivity index (χ3n) is 3.93. The Kier molecular flexibility index (Phi) is 4.74. The van der Waals surface area contributed by atoms with Crippen LogP contribution in [0.15, 0.2) is 12.5 Å². The highest BCUT2D eigenvalue weighted by atomic mass is 16.3. The first-order chi connectivity index (χ1) is 8.74. The number of likely N-dealkylation sites (tertiary alicyclic amines) is 1. The number of piperidine rings is 1. The molecule has 0 aliphatic carbocycles. The molecule has 0 amide bonds. The van der Waals surface area contributed by atoms with E-state index in [4.69, 9.17) is 10.8 Å². The lowest BCUT2D eigenvalue weighted by Gasteiger charge is -2.31. The first-order valence-electron chi connectivity index (χ1n) is 6.83. The predicted octanol–water partition coefficient (Wildman–Crippen LogP) is 0.607. The highest BCUT2D eigenvalue weighted by Gasteiger charge is 2.20. The number of nitrogens with two attached hydrogens (primary N) is 1. The summed E-state index contributed by atoms with van der Waals surface area (Å²) in [7, 11) is 0. The van der Waals surface area contributed by atoms with Gasteiger partial charge in [0.2, 0.25) is 0 Å². The van der Waals surface area contributed by atoms with E-state index in [0.29, 0.717) is 5.92 Å². The summed E-state index contributed by atoms with van der Waals surface area (Å²) in [5.41, 5.74) is 6.81. The second-order valence-corrected chi connectivity index (χ2v) is 5.14. The van der Waals surface area contributed by atoms with Crippen molar-refractivity contribution in [3.8, 4) is 0 Å². The van der Waals surface area contributed by atoms with Crippen LogP contribution in [-0.2, 0) is 6.54 Å². The van der Waals surface area contributed by atoms with E-state index < -0.39 is 0 Å². The molecule has 5 heteroatoms. The van der Waals surface area contributed by atoms with Crippen LogP contribution in [0, 0.1) is 5.92 Å². The van der Waals surface area contributed by atoms with Gasteiger partial charge < -0.3 is 20.3 Å². The number of hydrogen-bond donors (Lipinski definition) is 2. The Morgan fingerprint density at radius 2 is 2.22 bits per heavy atom. The van der Waals surface area contributed by atoms with Crippen molar-refractivity contribution in [1.82, 2.24) is 14.5 Å². The summed E-state index contributed by atoms with van der Waals surface area (Å²) in [6, 6.07) is -0.316. The molecule has 0 aromatic carbocycles. The molecule has 1 fully saturated rings. The van der Waals surface area contributed by atoms with Gasteiger partial charge in [-0.05, 0) is 38.4 Å². The van der Waals surface area contributed by atoms with Crippen LogP contribution in [0.5, 0.6) is 0 Å². The summed E-state index contributed by atoms with van der Waals surface area (Å²) in [6.07, 6.45) is 6.07. The molecule has 1 aromatic heterocycles. The Morgan fingerprint density at radius 3 is 2.83 bits per heavy atom. The molecule has 0 saturated carbocycles. The fraction of sp³-hybridized carbons (Fsp3) is 0.769. The van der Waals surface area contributed by atoms with Gasteiger partial charge in [0.1, 0.15) is 0 Å². The number of aliphatic hydroxyl groups is 1. The zero-order valence-electron chi connectivity index (χ0n) is 11.1. The van der Waals surface area contributed by atoms with Gasteiger partial charge in [-0.1, -0.05) is 6.92 Å². The largest absolute Gasteiger partial charge is 0.394 e. The Hall–Kier alpha value is -0.910. The highest BCUT2D eigenvalue weighted by Crippen LogP contribution is 2.20. The van der Waals surface area contributed by atoms with E-state index >= 15 is 0 Å². The molecule has 1 aromatic rings. The number of hydrogen-bond acceptors (Lipinski definition) is 4. The average molecular weight is 252 g/mol. The van der Waals surface area contributed by atoms with E-state index in [1.54, 1.807) is 6.20 Å². The molecule has 2 heterocycles. The van der Waals surface area contributed by atoms with Crippen molar-refractivity contribution in [3.63, 3.8) is 0 Å². The first kappa shape index (κ1) is 13.5. The fourth-order valence-corrected chi connectivity index (χ4v) is 2.65. The van der Waals surface area contributed by atoms with Gasteiger partial charge >= 0.3 is 0 Å². The maximum Gasteiger partial charge on any atom is 0.0948 e. The van der Waals surface area contributed by atoms with Crippen LogP contribution in [0.25, 0.3) is 0 Å². The SMILES string of the molecule is CCN1CCC(Cn2cncc2C(N)CO)CC1. The van der Waals surface area contributed by atoms with Gasteiger partial charge in [-0.15, -0.1) is 0 Å². The van der Waals surface area contributed by atoms with Gasteiger partial charge in [0, 0.05) is 12.7 Å². The number of aromatic nitrogens is 2. The molecule has 0 bridgehead atoms. The molecule has 18 heavy (non-hydrogen) atoms. The summed E-state index contributed by atoms with van der Waals surface area (Å²) in [6.45, 7) is 6.70. The molecule has 5 nitrogen and oxygen atoms in total. The molecule has 102 valence electrons. The van der Waals surface area contributed by atoms with E-state index in [-0.39, 0.29) is 12.6 Å². The van der Waals surface area contributed by atoms with E-state index in [1.807, 2.05) is 6.33 Å². The van der Waals surface area contributed by atoms with E-state index in [1.165, 1.54) is 25.9 Å². The molecule has 3 N–H and O–H groups in total. The zero-order valence-corrected chi connectivity index (χ0v) is 11.1. The van der Waals surface area contributed by atoms with Crippen molar-refractivity contribution in [2.75, 3.05) is 26.2 Å². The maximum atomic E-state index is 9.13. The van der Waals surface area contributed by atoms with Crippen molar-refractivity contribution < 1.29 is 5.11 Å². The third kappa shape index (κ3) is 3.10. The minimum absolute atomic E-state index is 0.0278. The van der Waals surface area contributed by atoms with Crippen molar-refractivity contribution in [2.24, 2.45) is 11.7 Å². The average Bonchev–Trinajstić information content (AvgIpc) is 2.87. The predicted molar refractivity (Wildman–Crippen MR) is 71.1 cm³/mol. The van der Waals surface area contributed by atoms with Gasteiger partial charge in [0.15, 0.2) is 0 Å². The monoisotopic (exact) mass is 252 g/mol. The standard InChI is InChI=1S/C13H24N4O/c1-2-16-5-3-11(4-6-16)8-17-10-15-7-13(17)12(14)9-18/h7,10-12,18H,2-6,8-9,14H2,1H3. The molecule has 0 radical (unpaired) electrons. The van der Waals surface area contributed by atoms with Gasteiger partial charge in [0.05, 0.1) is 24.7 Å². The maximum absolute atomic E-state index is 9.13. The quantitative estimate of drug-likeness (QED) is 0.805. The van der Waals surface area contributed by atoms with Crippen molar-refractivity contribution >= 4 is 0 Å². The topological polar surface area (TPSA) is 67.3 Å². The van der Waals surface area contributed by atoms with Crippen LogP contribution in [-0.4, -0.2) is 45.8 Å². The lowest BCUT2D eigenvalue weighted by molar-refractivity contribution is 0.179. The molecule has 1 unspecified atom stereocenters. The summed E-state index contributed by atoms with van der Waals surface area (Å²) in [5.74, 6) is 0.701. The number of imidazole rings is 1. The van der Waals surface area contributed by atoms with Crippen LogP contribution in [0.2, 0.25) is 0 Å². The Balaban J connectivity index is 1.92. The molecule has 1 aliphatic rings. The van der Waals surface area contributed by atoms with Gasteiger partial charge in [0.25, 0.3) is 0 Å². The van der Waals surface area contributed by atoms with Crippen LogP contribution < -0.4 is 5.73 Å². The molecule has 0 spiro atoms. The lowest BCUT2D eigenvalue weighted by atomic mass is 9.96. The molecule has 1 saturated heterocycles. The summed E-state index contributed by atoms with van der Waals surface area (Å²) >= 11 is 0. The second-order valence-electron chi connectivity index (χ2n) is 5.14. The summed E-state index contributed by atoms with van der Waals surface area (Å²) < 4.78 is 2.10. The Labute approximate surface area is 109 Å². The van der Waals surface area contributed by atoms with Crippen LogP contribution >= 0.6 is 0 Å². The summed E-state index contributed by atoms with van der Waals surface area (Å²) in [5, 5.41) is 9.13. The van der Waals surface area contributed by atoms with Gasteiger partial charge in [-0.3, -0.25) is 0 Å². The van der Waals surface area contributed by atoms with E-state index in [0.717, 1.165) is 18.8 Å². The molecule has 2 rings (SSSR count). The van der Waals surface area contributed by atoms with E-state index in [9.17, 15) is 0 Å². The van der Waals surface area contributed by atoms with Crippen molar-refractivity contribution in [1.29, 1.82) is 0 Å². The van der Waals surface area contributed by atoms with Crippen LogP contribution in [0.3, 0.4) is 0 Å². The first-order valence-corrected chi connectivity index (χ1v) is 6.83. The smallest absolute Gasteiger partial charge is 0.0948 e. The van der Waals surface area contributed by atoms with Crippen LogP contribution in [0.4, 0.5) is 0 Å². The molecular weight excluding hydrogens is 228 g/mol. The van der Waals surface area contributed by atoms with Crippen LogP contribution in [0.1, 0.15) is 31.5 Å². The van der Waals surface area contributed by atoms with Crippen molar-refractivity contribution in [3.05, 3.63) is 18.2 Å². The van der Waals surface area contributed by atoms with Gasteiger partial charge in [-0.2, -0.15) is 0 Å². The second kappa shape index (κ2) is 6.31. The molecule has 1 atom stereocenters. The van der Waals surface area contributed by atoms with Gasteiger partial charge in [-0.25, -0.2) is 4.98 Å². The minimum Gasteiger partial charge on any atom is -0.394 e. The normalized spacial score (nSPS) is 20.2. The number of aliphatic hydroxyl groups excluding tert-OH is 1. The summed E-state index contributed by atoms with van der Waals surface area (Å²) in [4.78, 5) is 6.64. The highest BCUT2D eigenvalue weighted by molar-refractivity contribution is 5.04. The molecular formula is C13H24N4O. The molecule has 1 aliphatic heterocycles. The van der Waals surface area contributed by atoms with E-state index in [2.05, 4.69) is 21.4 Å². The third-order valence-corrected chi connectivity index (χ3v) is 3.93. The zero-order chi connectivity index (χ0) is 13.0. The number of nitrogens with zero attached hydrogens (tertiary/aromatic N) is 3. The fourth-order valence-electron chi connectivity index (χ4n) is 2.65. The minimum atomic E-state index is -0.316. The van der Waals surface area contributed by atoms with Crippen molar-refractivity contribution in [2.45, 2.75) is 32.4 Å².